The molecule has 2 N–H and O–H groups in total. The highest BCUT2D eigenvalue weighted by Gasteiger charge is 1.86. The van der Waals surface area contributed by atoms with E-state index in [0.717, 1.165) is 6.54 Å². The molecular weight excluding hydrogens is 112 g/mol. The van der Waals surface area contributed by atoms with Crippen LogP contribution in [0.1, 0.15) is 13.8 Å². The van der Waals surface area contributed by atoms with Crippen LogP contribution in [-0.2, 0) is 0 Å². The van der Waals surface area contributed by atoms with Crippen LogP contribution >= 0.6 is 0 Å². The molecule has 0 radical (unpaired) electrons. The highest BCUT2D eigenvalue weighted by atomic mass is 14.9. The predicted octanol–water partition coefficient (Wildman–Crippen LogP) is 0.923. The first-order chi connectivity index (χ1) is 4.27. The molecule has 2 nitrogen and oxygen atoms in total. The van der Waals surface area contributed by atoms with E-state index in [-0.39, 0.29) is 0 Å². The highest BCUT2D eigenvalue weighted by Crippen LogP contribution is 1.85. The molecule has 9 heavy (non-hydrogen) atoms. The van der Waals surface area contributed by atoms with Gasteiger partial charge in [-0.2, -0.15) is 0 Å². The standard InChI is InChI=1S/C7H16N2/c1-7(2)6-9-5-4-8-3/h4-5,7-9H,6H2,1-3H3/b5-4-. The van der Waals surface area contributed by atoms with Crippen LogP contribution in [0.2, 0.25) is 0 Å². The van der Waals surface area contributed by atoms with Crippen LogP contribution in [0.3, 0.4) is 0 Å². The third-order valence-corrected chi connectivity index (χ3v) is 0.894. The Balaban J connectivity index is 2.99. The number of rotatable bonds is 4. The lowest BCUT2D eigenvalue weighted by molar-refractivity contribution is 0.610. The summed E-state index contributed by atoms with van der Waals surface area (Å²) in [7, 11) is 1.88. The summed E-state index contributed by atoms with van der Waals surface area (Å²) < 4.78 is 0. The van der Waals surface area contributed by atoms with Gasteiger partial charge in [0.25, 0.3) is 0 Å². The minimum absolute atomic E-state index is 0.714. The van der Waals surface area contributed by atoms with Crippen LogP contribution in [0, 0.1) is 5.92 Å². The minimum atomic E-state index is 0.714. The fourth-order valence-corrected chi connectivity index (χ4v) is 0.446. The molecule has 2 heteroatoms. The summed E-state index contributed by atoms with van der Waals surface area (Å²) in [6.45, 7) is 5.40. The average Bonchev–Trinajstić information content (AvgIpc) is 1.80. The van der Waals surface area contributed by atoms with Gasteiger partial charge in [-0.1, -0.05) is 13.8 Å². The molecule has 0 spiro atoms. The Labute approximate surface area is 57.3 Å². The summed E-state index contributed by atoms with van der Waals surface area (Å²) in [5.41, 5.74) is 0. The number of nitrogens with one attached hydrogen (secondary N) is 2. The van der Waals surface area contributed by atoms with Gasteiger partial charge in [0, 0.05) is 26.0 Å². The second kappa shape index (κ2) is 5.48. The van der Waals surface area contributed by atoms with Gasteiger partial charge < -0.3 is 10.6 Å². The lowest BCUT2D eigenvalue weighted by atomic mass is 10.2. The summed E-state index contributed by atoms with van der Waals surface area (Å²) in [4.78, 5) is 0. The average molecular weight is 128 g/mol. The Morgan fingerprint density at radius 1 is 1.33 bits per heavy atom. The van der Waals surface area contributed by atoms with E-state index in [0.29, 0.717) is 5.92 Å². The van der Waals surface area contributed by atoms with Crippen molar-refractivity contribution in [1.29, 1.82) is 0 Å². The van der Waals surface area contributed by atoms with Gasteiger partial charge in [-0.3, -0.25) is 0 Å². The smallest absolute Gasteiger partial charge is 0.0165 e. The maximum atomic E-state index is 3.14. The maximum Gasteiger partial charge on any atom is 0.0165 e. The molecular formula is C7H16N2. The molecule has 0 saturated heterocycles. The van der Waals surface area contributed by atoms with E-state index in [1.165, 1.54) is 0 Å². The zero-order valence-corrected chi connectivity index (χ0v) is 6.44. The van der Waals surface area contributed by atoms with Crippen LogP contribution in [-0.4, -0.2) is 13.6 Å². The first-order valence-corrected chi connectivity index (χ1v) is 3.33. The van der Waals surface area contributed by atoms with Crippen LogP contribution in [0.15, 0.2) is 12.4 Å². The Hall–Kier alpha value is -0.660. The van der Waals surface area contributed by atoms with Crippen molar-refractivity contribution in [1.82, 2.24) is 10.6 Å². The SMILES string of the molecule is CN/C=C\NCC(C)C. The van der Waals surface area contributed by atoms with Crippen molar-refractivity contribution in [2.45, 2.75) is 13.8 Å². The van der Waals surface area contributed by atoms with Gasteiger partial charge >= 0.3 is 0 Å². The Kier molecular flexibility index (Phi) is 5.07. The van der Waals surface area contributed by atoms with Crippen molar-refractivity contribution in [3.63, 3.8) is 0 Å². The Morgan fingerprint density at radius 2 is 2.00 bits per heavy atom. The predicted molar refractivity (Wildman–Crippen MR) is 41.0 cm³/mol. The minimum Gasteiger partial charge on any atom is -0.393 e. The fraction of sp³-hybridized carbons (Fsp3) is 0.714. The van der Waals surface area contributed by atoms with Crippen molar-refractivity contribution in [2.24, 2.45) is 5.92 Å². The van der Waals surface area contributed by atoms with Gasteiger partial charge in [0.1, 0.15) is 0 Å². The molecule has 0 bridgehead atoms. The van der Waals surface area contributed by atoms with E-state index in [1.54, 1.807) is 0 Å². The molecule has 0 aromatic rings. The van der Waals surface area contributed by atoms with Crippen molar-refractivity contribution in [3.8, 4) is 0 Å². The van der Waals surface area contributed by atoms with Crippen molar-refractivity contribution in [3.05, 3.63) is 12.4 Å². The van der Waals surface area contributed by atoms with Gasteiger partial charge in [0.05, 0.1) is 0 Å². The molecule has 0 rings (SSSR count). The lowest BCUT2D eigenvalue weighted by Gasteiger charge is -2.02. The number of hydrogen-bond donors (Lipinski definition) is 2. The zero-order valence-electron chi connectivity index (χ0n) is 6.44. The first-order valence-electron chi connectivity index (χ1n) is 3.33. The Morgan fingerprint density at radius 3 is 2.44 bits per heavy atom. The van der Waals surface area contributed by atoms with Crippen LogP contribution in [0.4, 0.5) is 0 Å². The summed E-state index contributed by atoms with van der Waals surface area (Å²) in [6, 6.07) is 0. The molecule has 0 atom stereocenters. The van der Waals surface area contributed by atoms with Gasteiger partial charge in [-0.15, -0.1) is 0 Å². The molecule has 0 saturated carbocycles. The molecule has 0 aromatic carbocycles. The van der Waals surface area contributed by atoms with Crippen molar-refractivity contribution >= 4 is 0 Å². The van der Waals surface area contributed by atoms with Crippen LogP contribution in [0.25, 0.3) is 0 Å². The van der Waals surface area contributed by atoms with Crippen molar-refractivity contribution in [2.75, 3.05) is 13.6 Å². The topological polar surface area (TPSA) is 24.1 Å². The van der Waals surface area contributed by atoms with Gasteiger partial charge in [0.2, 0.25) is 0 Å². The molecule has 0 aliphatic heterocycles. The van der Waals surface area contributed by atoms with E-state index in [9.17, 15) is 0 Å². The molecule has 0 unspecified atom stereocenters. The second-order valence-electron chi connectivity index (χ2n) is 2.42. The second-order valence-corrected chi connectivity index (χ2v) is 2.42. The summed E-state index contributed by atoms with van der Waals surface area (Å²) in [6.07, 6.45) is 3.79. The van der Waals surface area contributed by atoms with E-state index in [1.807, 2.05) is 19.4 Å². The third kappa shape index (κ3) is 7.34. The molecule has 54 valence electrons. The zero-order chi connectivity index (χ0) is 7.11. The van der Waals surface area contributed by atoms with E-state index in [2.05, 4.69) is 24.5 Å². The molecule has 0 aliphatic rings. The quantitative estimate of drug-likeness (QED) is 0.588. The van der Waals surface area contributed by atoms with E-state index >= 15 is 0 Å². The molecule has 0 fully saturated rings. The molecule has 0 aliphatic carbocycles. The van der Waals surface area contributed by atoms with Crippen LogP contribution in [0.5, 0.6) is 0 Å². The van der Waals surface area contributed by atoms with Crippen molar-refractivity contribution < 1.29 is 0 Å². The third-order valence-electron chi connectivity index (χ3n) is 0.894. The number of hydrogen-bond acceptors (Lipinski definition) is 2. The van der Waals surface area contributed by atoms with Gasteiger partial charge in [-0.25, -0.2) is 0 Å². The normalized spacial score (nSPS) is 10.7. The highest BCUT2D eigenvalue weighted by molar-refractivity contribution is 4.75. The molecule has 0 aromatic heterocycles. The Bertz CT molecular complexity index is 77.0. The largest absolute Gasteiger partial charge is 0.393 e. The van der Waals surface area contributed by atoms with Crippen LogP contribution < -0.4 is 10.6 Å². The first kappa shape index (κ1) is 8.34. The monoisotopic (exact) mass is 128 g/mol. The lowest BCUT2D eigenvalue weighted by Crippen LogP contribution is -2.13. The van der Waals surface area contributed by atoms with Gasteiger partial charge in [-0.05, 0) is 5.92 Å². The molecule has 0 amide bonds. The van der Waals surface area contributed by atoms with E-state index in [4.69, 9.17) is 0 Å². The summed E-state index contributed by atoms with van der Waals surface area (Å²) in [5, 5.41) is 6.04. The summed E-state index contributed by atoms with van der Waals surface area (Å²) in [5.74, 6) is 0.714. The van der Waals surface area contributed by atoms with Gasteiger partial charge in [0.15, 0.2) is 0 Å². The fourth-order valence-electron chi connectivity index (χ4n) is 0.446. The molecule has 0 heterocycles. The summed E-state index contributed by atoms with van der Waals surface area (Å²) >= 11 is 0. The maximum absolute atomic E-state index is 3.14. The van der Waals surface area contributed by atoms with E-state index < -0.39 is 0 Å².